The van der Waals surface area contributed by atoms with Gasteiger partial charge in [0.2, 0.25) is 0 Å². The molecule has 0 aliphatic carbocycles. The molecular formula is C10H23NO4. The number of rotatable bonds is 4. The average molecular weight is 221 g/mol. The van der Waals surface area contributed by atoms with Crippen molar-refractivity contribution in [3.63, 3.8) is 0 Å². The van der Waals surface area contributed by atoms with E-state index in [4.69, 9.17) is 10.2 Å². The van der Waals surface area contributed by atoms with Gasteiger partial charge in [0.05, 0.1) is 33.4 Å². The standard InChI is InChI=1S/C5H14NO.C5H10O3/c1-6(2,3)4-5-7;1-5(2,8)3-4(6)7/h7H,4-5H2,1-3H3;8H,3H2,1-2H3,(H,6,7)/q+1;/p-1. The number of aliphatic carboxylic acids is 1. The molecular weight excluding hydrogens is 198 g/mol. The third-order valence-corrected chi connectivity index (χ3v) is 1.35. The minimum atomic E-state index is -1.22. The maximum Gasteiger partial charge on any atom is 0.101 e. The van der Waals surface area contributed by atoms with Crippen LogP contribution >= 0.6 is 0 Å². The predicted molar refractivity (Wildman–Crippen MR) is 55.9 cm³/mol. The summed E-state index contributed by atoms with van der Waals surface area (Å²) in [5.41, 5.74) is -1.14. The Hall–Kier alpha value is -0.650. The second kappa shape index (κ2) is 6.76. The number of carbonyl (C=O) groups excluding carboxylic acids is 1. The summed E-state index contributed by atoms with van der Waals surface area (Å²) in [5.74, 6) is -1.22. The Bertz CT molecular complexity index is 179. The fraction of sp³-hybridized carbons (Fsp3) is 0.900. The Morgan fingerprint density at radius 2 is 1.73 bits per heavy atom. The Balaban J connectivity index is 0. The summed E-state index contributed by atoms with van der Waals surface area (Å²) in [7, 11) is 6.16. The van der Waals surface area contributed by atoms with Crippen molar-refractivity contribution in [1.29, 1.82) is 0 Å². The summed E-state index contributed by atoms with van der Waals surface area (Å²) in [4.78, 5) is 9.74. The first-order valence-electron chi connectivity index (χ1n) is 4.81. The summed E-state index contributed by atoms with van der Waals surface area (Å²) < 4.78 is 0.844. The molecule has 0 aromatic heterocycles. The van der Waals surface area contributed by atoms with Crippen LogP contribution in [0.4, 0.5) is 0 Å². The number of carboxylic acid groups (broad SMARTS) is 1. The molecule has 5 heteroatoms. The van der Waals surface area contributed by atoms with E-state index in [1.165, 1.54) is 13.8 Å². The molecule has 0 saturated carbocycles. The molecule has 0 aromatic rings. The van der Waals surface area contributed by atoms with Crippen LogP contribution in [0.3, 0.4) is 0 Å². The maximum atomic E-state index is 9.74. The largest absolute Gasteiger partial charge is 0.550 e. The molecule has 0 aromatic carbocycles. The third kappa shape index (κ3) is 24.7. The Labute approximate surface area is 91.5 Å². The van der Waals surface area contributed by atoms with Gasteiger partial charge in [-0.05, 0) is 13.8 Å². The van der Waals surface area contributed by atoms with Gasteiger partial charge in [0.15, 0.2) is 0 Å². The zero-order chi connectivity index (χ0) is 12.7. The van der Waals surface area contributed by atoms with Crippen molar-refractivity contribution in [2.24, 2.45) is 0 Å². The van der Waals surface area contributed by atoms with Crippen LogP contribution in [0, 0.1) is 0 Å². The van der Waals surface area contributed by atoms with Gasteiger partial charge >= 0.3 is 0 Å². The van der Waals surface area contributed by atoms with Crippen LogP contribution in [0.15, 0.2) is 0 Å². The number of hydrogen-bond acceptors (Lipinski definition) is 4. The monoisotopic (exact) mass is 221 g/mol. The van der Waals surface area contributed by atoms with Crippen molar-refractivity contribution < 1.29 is 24.6 Å². The molecule has 92 valence electrons. The summed E-state index contributed by atoms with van der Waals surface area (Å²) >= 11 is 0. The van der Waals surface area contributed by atoms with Crippen molar-refractivity contribution in [3.05, 3.63) is 0 Å². The van der Waals surface area contributed by atoms with Crippen molar-refractivity contribution >= 4 is 5.97 Å². The number of hydrogen-bond donors (Lipinski definition) is 2. The number of quaternary nitrogens is 1. The molecule has 0 fully saturated rings. The lowest BCUT2D eigenvalue weighted by Crippen LogP contribution is -2.36. The van der Waals surface area contributed by atoms with Crippen LogP contribution in [-0.2, 0) is 4.79 Å². The predicted octanol–water partition coefficient (Wildman–Crippen LogP) is -1.42. The first-order valence-corrected chi connectivity index (χ1v) is 4.81. The lowest BCUT2D eigenvalue weighted by Gasteiger charge is -2.21. The number of aliphatic hydroxyl groups excluding tert-OH is 1. The van der Waals surface area contributed by atoms with Crippen molar-refractivity contribution in [2.45, 2.75) is 25.9 Å². The van der Waals surface area contributed by atoms with E-state index in [1.807, 2.05) is 0 Å². The normalized spacial score (nSPS) is 11.7. The van der Waals surface area contributed by atoms with Crippen molar-refractivity contribution in [2.75, 3.05) is 34.3 Å². The molecule has 0 radical (unpaired) electrons. The molecule has 0 amide bonds. The Kier molecular flexibility index (Phi) is 7.56. The van der Waals surface area contributed by atoms with Gasteiger partial charge in [-0.15, -0.1) is 0 Å². The lowest BCUT2D eigenvalue weighted by atomic mass is 10.1. The van der Waals surface area contributed by atoms with E-state index in [0.29, 0.717) is 0 Å². The first-order chi connectivity index (χ1) is 6.48. The fourth-order valence-corrected chi connectivity index (χ4v) is 0.653. The fourth-order valence-electron chi connectivity index (χ4n) is 0.653. The minimum absolute atomic E-state index is 0.281. The maximum absolute atomic E-state index is 9.74. The minimum Gasteiger partial charge on any atom is -0.550 e. The number of carbonyl (C=O) groups is 1. The van der Waals surface area contributed by atoms with Gasteiger partial charge in [0, 0.05) is 12.4 Å². The van der Waals surface area contributed by atoms with Gasteiger partial charge in [-0.25, -0.2) is 0 Å². The number of likely N-dealkylation sites (N-methyl/N-ethyl adjacent to an activating group) is 1. The Morgan fingerprint density at radius 1 is 1.33 bits per heavy atom. The summed E-state index contributed by atoms with van der Waals surface area (Å²) in [5, 5.41) is 26.9. The van der Waals surface area contributed by atoms with Gasteiger partial charge in [-0.3, -0.25) is 0 Å². The van der Waals surface area contributed by atoms with Gasteiger partial charge in [-0.1, -0.05) is 0 Å². The number of carboxylic acids is 1. The van der Waals surface area contributed by atoms with Crippen LogP contribution in [0.1, 0.15) is 20.3 Å². The van der Waals surface area contributed by atoms with Crippen LogP contribution in [0.2, 0.25) is 0 Å². The second-order valence-corrected chi connectivity index (χ2v) is 5.10. The molecule has 0 rings (SSSR count). The number of nitrogens with zero attached hydrogens (tertiary/aromatic N) is 1. The van der Waals surface area contributed by atoms with E-state index in [2.05, 4.69) is 21.1 Å². The zero-order valence-corrected chi connectivity index (χ0v) is 10.3. The molecule has 0 aliphatic rings. The lowest BCUT2D eigenvalue weighted by molar-refractivity contribution is -0.870. The first kappa shape index (κ1) is 16.8. The van der Waals surface area contributed by atoms with E-state index < -0.39 is 11.6 Å². The van der Waals surface area contributed by atoms with Crippen molar-refractivity contribution in [3.8, 4) is 0 Å². The molecule has 0 saturated heterocycles. The van der Waals surface area contributed by atoms with Gasteiger partial charge < -0.3 is 24.6 Å². The molecule has 15 heavy (non-hydrogen) atoms. The van der Waals surface area contributed by atoms with E-state index >= 15 is 0 Å². The molecule has 2 N–H and O–H groups in total. The highest BCUT2D eigenvalue weighted by molar-refractivity contribution is 5.65. The average Bonchev–Trinajstić information content (AvgIpc) is 1.77. The number of aliphatic hydroxyl groups is 2. The van der Waals surface area contributed by atoms with E-state index in [-0.39, 0.29) is 13.0 Å². The van der Waals surface area contributed by atoms with Crippen LogP contribution < -0.4 is 5.11 Å². The Morgan fingerprint density at radius 3 is 1.73 bits per heavy atom. The molecule has 0 bridgehead atoms. The van der Waals surface area contributed by atoms with E-state index in [0.717, 1.165) is 11.0 Å². The van der Waals surface area contributed by atoms with Crippen LogP contribution in [0.5, 0.6) is 0 Å². The zero-order valence-electron chi connectivity index (χ0n) is 10.3. The highest BCUT2D eigenvalue weighted by Crippen LogP contribution is 2.04. The van der Waals surface area contributed by atoms with E-state index in [9.17, 15) is 9.90 Å². The summed E-state index contributed by atoms with van der Waals surface area (Å²) in [6.07, 6.45) is -0.313. The molecule has 0 spiro atoms. The van der Waals surface area contributed by atoms with Crippen molar-refractivity contribution in [1.82, 2.24) is 0 Å². The molecule has 0 unspecified atom stereocenters. The highest BCUT2D eigenvalue weighted by atomic mass is 16.4. The van der Waals surface area contributed by atoms with Gasteiger partial charge in [-0.2, -0.15) is 0 Å². The molecule has 0 aliphatic heterocycles. The molecule has 0 atom stereocenters. The SMILES string of the molecule is CC(C)(O)CC(=O)[O-].C[N+](C)(C)CCO. The second-order valence-electron chi connectivity index (χ2n) is 5.10. The molecule has 0 heterocycles. The summed E-state index contributed by atoms with van der Waals surface area (Å²) in [6.45, 7) is 3.95. The highest BCUT2D eigenvalue weighted by Gasteiger charge is 2.11. The quantitative estimate of drug-likeness (QED) is 0.571. The van der Waals surface area contributed by atoms with Gasteiger partial charge in [0.25, 0.3) is 0 Å². The topological polar surface area (TPSA) is 80.6 Å². The van der Waals surface area contributed by atoms with Crippen LogP contribution in [0.25, 0.3) is 0 Å². The summed E-state index contributed by atoms with van der Waals surface area (Å²) in [6, 6.07) is 0. The molecule has 5 nitrogen and oxygen atoms in total. The third-order valence-electron chi connectivity index (χ3n) is 1.35. The smallest absolute Gasteiger partial charge is 0.101 e. The van der Waals surface area contributed by atoms with Crippen LogP contribution in [-0.4, -0.2) is 60.6 Å². The van der Waals surface area contributed by atoms with Gasteiger partial charge in [0.1, 0.15) is 6.54 Å². The van der Waals surface area contributed by atoms with E-state index in [1.54, 1.807) is 0 Å².